The molecular weight excluding hydrogens is 569 g/mol. The van der Waals surface area contributed by atoms with E-state index >= 15 is 0 Å². The van der Waals surface area contributed by atoms with Crippen LogP contribution in [0.25, 0.3) is 22.0 Å². The maximum atomic E-state index is 14.5. The Hall–Kier alpha value is -3.72. The number of fused-ring (bicyclic) bond motifs is 3. The van der Waals surface area contributed by atoms with Crippen LogP contribution in [0.5, 0.6) is 0 Å². The number of primary amides is 1. The van der Waals surface area contributed by atoms with Gasteiger partial charge in [-0.2, -0.15) is 0 Å². The fraction of sp³-hybridized carbons (Fsp3) is 0.528. The largest absolute Gasteiger partial charge is 0.382 e. The molecule has 0 bridgehead atoms. The van der Waals surface area contributed by atoms with Gasteiger partial charge in [0.15, 0.2) is 0 Å². The van der Waals surface area contributed by atoms with Crippen LogP contribution in [0.3, 0.4) is 0 Å². The third-order valence-corrected chi connectivity index (χ3v) is 10.8. The zero-order chi connectivity index (χ0) is 31.7. The summed E-state index contributed by atoms with van der Waals surface area (Å²) in [6, 6.07) is 10.3. The first kappa shape index (κ1) is 31.3. The van der Waals surface area contributed by atoms with Gasteiger partial charge in [0, 0.05) is 53.8 Å². The number of rotatable bonds is 10. The van der Waals surface area contributed by atoms with Gasteiger partial charge in [0.2, 0.25) is 11.8 Å². The van der Waals surface area contributed by atoms with Crippen LogP contribution in [0.2, 0.25) is 0 Å². The van der Waals surface area contributed by atoms with Crippen molar-refractivity contribution in [1.29, 1.82) is 0 Å². The average Bonchev–Trinajstić information content (AvgIpc) is 3.67. The molecule has 6 rings (SSSR count). The first-order chi connectivity index (χ1) is 21.7. The number of hydrogen-bond acceptors (Lipinski definition) is 5. The Morgan fingerprint density at radius 2 is 1.73 bits per heavy atom. The second-order valence-electron chi connectivity index (χ2n) is 13.4. The Bertz CT molecular complexity index is 1600. The number of nitrogens with two attached hydrogens (primary N) is 1. The van der Waals surface area contributed by atoms with Gasteiger partial charge in [-0.25, -0.2) is 4.39 Å². The van der Waals surface area contributed by atoms with Crippen molar-refractivity contribution in [3.05, 3.63) is 53.5 Å². The van der Waals surface area contributed by atoms with Gasteiger partial charge >= 0.3 is 0 Å². The minimum Gasteiger partial charge on any atom is -0.382 e. The highest BCUT2D eigenvalue weighted by Crippen LogP contribution is 2.46. The summed E-state index contributed by atoms with van der Waals surface area (Å²) in [5, 5.41) is 7.54. The van der Waals surface area contributed by atoms with Crippen molar-refractivity contribution in [2.24, 2.45) is 17.1 Å². The van der Waals surface area contributed by atoms with E-state index in [4.69, 9.17) is 5.73 Å². The summed E-state index contributed by atoms with van der Waals surface area (Å²) in [5.74, 6) is -0.776. The maximum absolute atomic E-state index is 14.5. The molecule has 1 saturated heterocycles. The van der Waals surface area contributed by atoms with Crippen LogP contribution in [-0.2, 0) is 11.2 Å². The van der Waals surface area contributed by atoms with Crippen molar-refractivity contribution < 1.29 is 18.8 Å². The Morgan fingerprint density at radius 3 is 2.42 bits per heavy atom. The zero-order valence-electron chi connectivity index (χ0n) is 26.6. The van der Waals surface area contributed by atoms with E-state index in [1.165, 1.54) is 25.0 Å². The summed E-state index contributed by atoms with van der Waals surface area (Å²) in [6.07, 6.45) is 8.54. The molecule has 2 fully saturated rings. The van der Waals surface area contributed by atoms with Crippen LogP contribution < -0.4 is 16.4 Å². The SMILES string of the molecule is CCC1(CC)CC(=O)n2c(c(-c3ccc(C(N)=O)c(NC4CCC(C(=O)NCCN5CCCC5)CC4)c3)c3ccc(F)cc32)C1. The molecule has 45 heavy (non-hydrogen) atoms. The van der Waals surface area contributed by atoms with Gasteiger partial charge in [-0.05, 0) is 112 Å². The molecule has 0 unspecified atom stereocenters. The number of anilines is 1. The molecule has 2 amide bonds. The number of halogens is 1. The Kier molecular flexibility index (Phi) is 9.00. The van der Waals surface area contributed by atoms with E-state index in [0.29, 0.717) is 36.2 Å². The van der Waals surface area contributed by atoms with Crippen LogP contribution >= 0.6 is 0 Å². The third kappa shape index (κ3) is 6.24. The van der Waals surface area contributed by atoms with E-state index < -0.39 is 5.91 Å². The average molecular weight is 616 g/mol. The molecule has 1 saturated carbocycles. The highest BCUT2D eigenvalue weighted by atomic mass is 19.1. The molecule has 2 aromatic carbocycles. The lowest BCUT2D eigenvalue weighted by molar-refractivity contribution is -0.126. The number of amides is 2. The molecule has 0 spiro atoms. The first-order valence-corrected chi connectivity index (χ1v) is 16.8. The summed E-state index contributed by atoms with van der Waals surface area (Å²) in [7, 11) is 0. The minimum absolute atomic E-state index is 0.00173. The minimum atomic E-state index is -0.521. The monoisotopic (exact) mass is 615 g/mol. The number of benzene rings is 2. The number of nitrogens with one attached hydrogen (secondary N) is 2. The summed E-state index contributed by atoms with van der Waals surface area (Å²) in [6.45, 7) is 8.12. The fourth-order valence-electron chi connectivity index (χ4n) is 7.90. The van der Waals surface area contributed by atoms with Crippen molar-refractivity contribution in [2.75, 3.05) is 31.5 Å². The highest BCUT2D eigenvalue weighted by Gasteiger charge is 2.39. The summed E-state index contributed by atoms with van der Waals surface area (Å²) < 4.78 is 16.2. The summed E-state index contributed by atoms with van der Waals surface area (Å²) in [4.78, 5) is 41.4. The van der Waals surface area contributed by atoms with Crippen molar-refractivity contribution >= 4 is 34.3 Å². The van der Waals surface area contributed by atoms with Crippen LogP contribution in [0.15, 0.2) is 36.4 Å². The maximum Gasteiger partial charge on any atom is 0.250 e. The third-order valence-electron chi connectivity index (χ3n) is 10.8. The van der Waals surface area contributed by atoms with E-state index in [2.05, 4.69) is 29.4 Å². The molecule has 3 aliphatic rings. The summed E-state index contributed by atoms with van der Waals surface area (Å²) >= 11 is 0. The van der Waals surface area contributed by atoms with Gasteiger partial charge in [0.1, 0.15) is 5.82 Å². The molecule has 8 nitrogen and oxygen atoms in total. The number of aromatic nitrogens is 1. The zero-order valence-corrected chi connectivity index (χ0v) is 26.6. The summed E-state index contributed by atoms with van der Waals surface area (Å²) in [5.41, 5.74) is 9.95. The van der Waals surface area contributed by atoms with Crippen molar-refractivity contribution in [2.45, 2.75) is 84.1 Å². The smallest absolute Gasteiger partial charge is 0.250 e. The van der Waals surface area contributed by atoms with Gasteiger partial charge in [-0.3, -0.25) is 19.0 Å². The number of hydrogen-bond donors (Lipinski definition) is 3. The molecule has 9 heteroatoms. The van der Waals surface area contributed by atoms with Crippen molar-refractivity contribution in [3.63, 3.8) is 0 Å². The van der Waals surface area contributed by atoms with E-state index in [1.54, 1.807) is 16.7 Å². The highest BCUT2D eigenvalue weighted by molar-refractivity contribution is 6.06. The molecule has 0 radical (unpaired) electrons. The van der Waals surface area contributed by atoms with Gasteiger partial charge < -0.3 is 21.3 Å². The van der Waals surface area contributed by atoms with E-state index in [0.717, 1.165) is 80.4 Å². The Morgan fingerprint density at radius 1 is 1.00 bits per heavy atom. The van der Waals surface area contributed by atoms with Gasteiger partial charge in [0.05, 0.1) is 11.1 Å². The van der Waals surface area contributed by atoms with Crippen LogP contribution in [0, 0.1) is 17.2 Å². The number of carbonyl (C=O) groups is 3. The Balaban J connectivity index is 1.24. The molecule has 1 aliphatic carbocycles. The van der Waals surface area contributed by atoms with Gasteiger partial charge in [0.25, 0.3) is 5.91 Å². The molecule has 4 N–H and O–H groups in total. The molecule has 0 atom stereocenters. The fourth-order valence-corrected chi connectivity index (χ4v) is 7.90. The van der Waals surface area contributed by atoms with Crippen molar-refractivity contribution in [1.82, 2.24) is 14.8 Å². The standard InChI is InChI=1S/C36H46FN5O3/c1-3-36(4-2)21-31-33(28-14-10-25(37)20-30(28)42(31)32(43)22-36)24-9-13-27(34(38)44)29(19-24)40-26-11-7-23(8-12-26)35(45)39-15-18-41-16-5-6-17-41/h9-10,13-14,19-20,23,26,40H,3-8,11-12,15-18,21-22H2,1-2H3,(H2,38,44)(H,39,45). The lowest BCUT2D eigenvalue weighted by Crippen LogP contribution is -2.39. The predicted molar refractivity (Wildman–Crippen MR) is 176 cm³/mol. The van der Waals surface area contributed by atoms with E-state index in [9.17, 15) is 18.8 Å². The Labute approximate surface area is 264 Å². The molecule has 1 aromatic heterocycles. The number of likely N-dealkylation sites (tertiary alicyclic amines) is 1. The molecule has 3 aromatic rings. The second kappa shape index (κ2) is 12.9. The molecular formula is C36H46FN5O3. The molecule has 240 valence electrons. The quantitative estimate of drug-likeness (QED) is 0.255. The number of nitrogens with zero attached hydrogens (tertiary/aromatic N) is 2. The van der Waals surface area contributed by atoms with Crippen LogP contribution in [-0.4, -0.2) is 59.4 Å². The lowest BCUT2D eigenvalue weighted by Gasteiger charge is -2.36. The van der Waals surface area contributed by atoms with Crippen LogP contribution in [0.1, 0.15) is 92.5 Å². The van der Waals surface area contributed by atoms with E-state index in [1.807, 2.05) is 12.1 Å². The van der Waals surface area contributed by atoms with Gasteiger partial charge in [-0.15, -0.1) is 0 Å². The predicted octanol–water partition coefficient (Wildman–Crippen LogP) is 6.12. The lowest BCUT2D eigenvalue weighted by atomic mass is 9.72. The topological polar surface area (TPSA) is 109 Å². The second-order valence-corrected chi connectivity index (χ2v) is 13.4. The normalized spacial score (nSPS) is 21.5. The van der Waals surface area contributed by atoms with Crippen molar-refractivity contribution in [3.8, 4) is 11.1 Å². The first-order valence-electron chi connectivity index (χ1n) is 16.8. The van der Waals surface area contributed by atoms with Crippen LogP contribution in [0.4, 0.5) is 10.1 Å². The molecule has 2 aliphatic heterocycles. The van der Waals surface area contributed by atoms with Gasteiger partial charge in [-0.1, -0.05) is 19.9 Å². The molecule has 3 heterocycles. The van der Waals surface area contributed by atoms with E-state index in [-0.39, 0.29) is 35.0 Å². The number of carbonyl (C=O) groups excluding carboxylic acids is 3.